The molecule has 0 aliphatic carbocycles. The number of hydrogen-bond acceptors (Lipinski definition) is 6. The normalized spacial score (nSPS) is 12.0. The van der Waals surface area contributed by atoms with Gasteiger partial charge in [-0.25, -0.2) is 9.97 Å². The van der Waals surface area contributed by atoms with Crippen LogP contribution in [0.4, 0.5) is 0 Å². The maximum absolute atomic E-state index is 12.7. The Morgan fingerprint density at radius 1 is 1.21 bits per heavy atom. The van der Waals surface area contributed by atoms with Crippen LogP contribution in [0, 0.1) is 6.92 Å². The summed E-state index contributed by atoms with van der Waals surface area (Å²) in [6.45, 7) is 5.02. The lowest BCUT2D eigenvalue weighted by molar-refractivity contribution is 0.0634. The molecule has 0 aliphatic heterocycles. The minimum Gasteiger partial charge on any atom is -0.374 e. The molecule has 0 unspecified atom stereocenters. The van der Waals surface area contributed by atoms with Crippen LogP contribution < -0.4 is 5.32 Å². The Kier molecular flexibility index (Phi) is 7.80. The zero-order valence-corrected chi connectivity index (χ0v) is 18.5. The first-order valence-corrected chi connectivity index (χ1v) is 11.6. The highest BCUT2D eigenvalue weighted by atomic mass is 32.2. The average molecular weight is 428 g/mol. The van der Waals surface area contributed by atoms with Gasteiger partial charge in [0.1, 0.15) is 5.03 Å². The van der Waals surface area contributed by atoms with Crippen LogP contribution in [0.2, 0.25) is 0 Å². The Morgan fingerprint density at radius 2 is 2.00 bits per heavy atom. The van der Waals surface area contributed by atoms with Gasteiger partial charge in [-0.05, 0) is 43.5 Å². The molecular weight excluding hydrogens is 402 g/mol. The van der Waals surface area contributed by atoms with Gasteiger partial charge in [-0.2, -0.15) is 0 Å². The summed E-state index contributed by atoms with van der Waals surface area (Å²) < 4.78 is 5.86. The molecule has 1 aromatic carbocycles. The van der Waals surface area contributed by atoms with E-state index in [0.29, 0.717) is 35.3 Å². The number of aromatic nitrogens is 2. The molecule has 0 spiro atoms. The van der Waals surface area contributed by atoms with Crippen molar-refractivity contribution in [2.24, 2.45) is 0 Å². The Hall–Kier alpha value is -2.22. The average Bonchev–Trinajstić information content (AvgIpc) is 3.28. The molecule has 1 amide bonds. The van der Waals surface area contributed by atoms with E-state index in [-0.39, 0.29) is 12.0 Å². The van der Waals surface area contributed by atoms with Crippen molar-refractivity contribution in [1.29, 1.82) is 0 Å². The van der Waals surface area contributed by atoms with Crippen molar-refractivity contribution in [2.45, 2.75) is 31.4 Å². The molecule has 1 atom stereocenters. The molecule has 3 rings (SSSR count). The zero-order valence-electron chi connectivity index (χ0n) is 16.8. The smallest absolute Gasteiger partial charge is 0.255 e. The monoisotopic (exact) mass is 427 g/mol. The third-order valence-electron chi connectivity index (χ3n) is 4.46. The number of carbonyl (C=O) groups excluding carboxylic acids is 1. The van der Waals surface area contributed by atoms with Crippen molar-refractivity contribution in [3.63, 3.8) is 0 Å². The minimum absolute atomic E-state index is 0.0374. The quantitative estimate of drug-likeness (QED) is 0.291. The molecule has 0 radical (unpaired) electrons. The third-order valence-corrected chi connectivity index (χ3v) is 6.01. The van der Waals surface area contributed by atoms with Gasteiger partial charge in [0.15, 0.2) is 5.82 Å². The first kappa shape index (κ1) is 21.5. The van der Waals surface area contributed by atoms with E-state index < -0.39 is 0 Å². The summed E-state index contributed by atoms with van der Waals surface area (Å²) in [5.74, 6) is 0.530. The molecule has 0 fully saturated rings. The number of thiophene rings is 1. The molecule has 0 saturated heterocycles. The van der Waals surface area contributed by atoms with E-state index in [9.17, 15) is 4.79 Å². The highest BCUT2D eigenvalue weighted by Gasteiger charge is 2.19. The standard InChI is InChI=1S/C22H25N3O2S2/c1-15-19(22(28-3)25-20(24-15)18-11-7-14-29-18)21(26)23-12-8-13-27-16(2)17-9-5-4-6-10-17/h4-7,9-11,14,16H,8,12-13H2,1-3H3,(H,23,26)/t16-/m0/s1. The van der Waals surface area contributed by atoms with Gasteiger partial charge in [0.25, 0.3) is 5.91 Å². The SMILES string of the molecule is CSc1nc(-c2cccs2)nc(C)c1C(=O)NCCCO[C@@H](C)c1ccccc1. The van der Waals surface area contributed by atoms with E-state index in [1.807, 2.05) is 55.8 Å². The zero-order chi connectivity index (χ0) is 20.6. The second kappa shape index (κ2) is 10.5. The fourth-order valence-corrected chi connectivity index (χ4v) is 4.19. The van der Waals surface area contributed by atoms with E-state index in [4.69, 9.17) is 4.74 Å². The number of nitrogens with zero attached hydrogens (tertiary/aromatic N) is 2. The number of carbonyl (C=O) groups is 1. The molecule has 1 N–H and O–H groups in total. The largest absolute Gasteiger partial charge is 0.374 e. The first-order valence-electron chi connectivity index (χ1n) is 9.51. The van der Waals surface area contributed by atoms with Gasteiger partial charge < -0.3 is 10.1 Å². The second-order valence-corrected chi connectivity index (χ2v) is 8.27. The topological polar surface area (TPSA) is 64.1 Å². The summed E-state index contributed by atoms with van der Waals surface area (Å²) in [5, 5.41) is 5.67. The van der Waals surface area contributed by atoms with E-state index in [1.54, 1.807) is 11.3 Å². The van der Waals surface area contributed by atoms with Crippen molar-refractivity contribution in [1.82, 2.24) is 15.3 Å². The molecule has 29 heavy (non-hydrogen) atoms. The predicted octanol–water partition coefficient (Wildman–Crippen LogP) is 5.13. The van der Waals surface area contributed by atoms with Crippen molar-refractivity contribution < 1.29 is 9.53 Å². The van der Waals surface area contributed by atoms with Crippen LogP contribution >= 0.6 is 23.1 Å². The summed E-state index contributed by atoms with van der Waals surface area (Å²) >= 11 is 3.05. The molecule has 152 valence electrons. The van der Waals surface area contributed by atoms with Crippen LogP contribution in [0.25, 0.3) is 10.7 Å². The lowest BCUT2D eigenvalue weighted by atomic mass is 10.1. The molecule has 2 heterocycles. The van der Waals surface area contributed by atoms with Crippen LogP contribution in [-0.4, -0.2) is 35.3 Å². The number of aryl methyl sites for hydroxylation is 1. The fourth-order valence-electron chi connectivity index (χ4n) is 2.91. The number of hydrogen-bond donors (Lipinski definition) is 1. The van der Waals surface area contributed by atoms with Crippen LogP contribution in [0.5, 0.6) is 0 Å². The van der Waals surface area contributed by atoms with Gasteiger partial charge in [0, 0.05) is 13.2 Å². The summed E-state index contributed by atoms with van der Waals surface area (Å²) in [5.41, 5.74) is 2.40. The van der Waals surface area contributed by atoms with Crippen LogP contribution in [-0.2, 0) is 4.74 Å². The molecule has 3 aromatic rings. The van der Waals surface area contributed by atoms with Crippen LogP contribution in [0.15, 0.2) is 52.9 Å². The Bertz CT molecular complexity index is 931. The second-order valence-electron chi connectivity index (χ2n) is 6.53. The minimum atomic E-state index is -0.138. The number of rotatable bonds is 9. The van der Waals surface area contributed by atoms with Crippen molar-refractivity contribution in [3.05, 3.63) is 64.7 Å². The maximum Gasteiger partial charge on any atom is 0.255 e. The Balaban J connectivity index is 1.54. The number of ether oxygens (including phenoxy) is 1. The summed E-state index contributed by atoms with van der Waals surface area (Å²) in [4.78, 5) is 22.9. The lowest BCUT2D eigenvalue weighted by Crippen LogP contribution is -2.27. The highest BCUT2D eigenvalue weighted by Crippen LogP contribution is 2.27. The van der Waals surface area contributed by atoms with Gasteiger partial charge in [-0.3, -0.25) is 4.79 Å². The van der Waals surface area contributed by atoms with Gasteiger partial charge in [0.05, 0.1) is 22.2 Å². The molecule has 0 bridgehead atoms. The highest BCUT2D eigenvalue weighted by molar-refractivity contribution is 7.98. The van der Waals surface area contributed by atoms with Gasteiger partial charge in [0.2, 0.25) is 0 Å². The van der Waals surface area contributed by atoms with Crippen molar-refractivity contribution in [3.8, 4) is 10.7 Å². The van der Waals surface area contributed by atoms with Gasteiger partial charge in [-0.15, -0.1) is 23.1 Å². The van der Waals surface area contributed by atoms with E-state index >= 15 is 0 Å². The molecule has 5 nitrogen and oxygen atoms in total. The summed E-state index contributed by atoms with van der Waals surface area (Å²) in [6.07, 6.45) is 2.70. The molecule has 2 aromatic heterocycles. The van der Waals surface area contributed by atoms with E-state index in [1.165, 1.54) is 11.8 Å². The van der Waals surface area contributed by atoms with Gasteiger partial charge >= 0.3 is 0 Å². The van der Waals surface area contributed by atoms with Crippen LogP contribution in [0.1, 0.15) is 41.1 Å². The summed E-state index contributed by atoms with van der Waals surface area (Å²) in [6, 6.07) is 14.1. The van der Waals surface area contributed by atoms with E-state index in [2.05, 4.69) is 27.4 Å². The lowest BCUT2D eigenvalue weighted by Gasteiger charge is -2.14. The Morgan fingerprint density at radius 3 is 2.69 bits per heavy atom. The van der Waals surface area contributed by atoms with Crippen molar-refractivity contribution >= 4 is 29.0 Å². The maximum atomic E-state index is 12.7. The predicted molar refractivity (Wildman–Crippen MR) is 120 cm³/mol. The fraction of sp³-hybridized carbons (Fsp3) is 0.318. The Labute approximate surface area is 179 Å². The third kappa shape index (κ3) is 5.65. The number of benzene rings is 1. The number of thioether (sulfide) groups is 1. The van der Waals surface area contributed by atoms with E-state index in [0.717, 1.165) is 16.9 Å². The first-order chi connectivity index (χ1) is 14.1. The molecular formula is C22H25N3O2S2. The summed E-state index contributed by atoms with van der Waals surface area (Å²) in [7, 11) is 0. The molecule has 7 heteroatoms. The number of amides is 1. The molecule has 0 aliphatic rings. The molecule has 0 saturated carbocycles. The number of nitrogens with one attached hydrogen (secondary N) is 1. The van der Waals surface area contributed by atoms with Gasteiger partial charge in [-0.1, -0.05) is 36.4 Å². The van der Waals surface area contributed by atoms with Crippen LogP contribution in [0.3, 0.4) is 0 Å². The van der Waals surface area contributed by atoms with Crippen molar-refractivity contribution in [2.75, 3.05) is 19.4 Å².